The molecule has 0 aromatic heterocycles. The molecule has 0 aromatic rings. The Morgan fingerprint density at radius 1 is 1.50 bits per heavy atom. The van der Waals surface area contributed by atoms with Gasteiger partial charge in [0, 0.05) is 5.75 Å². The monoisotopic (exact) mass is 171 g/mol. The van der Waals surface area contributed by atoms with Gasteiger partial charge in [0.2, 0.25) is 6.08 Å². The zero-order chi connectivity index (χ0) is 8.04. The molecule has 0 rings (SSSR count). The summed E-state index contributed by atoms with van der Waals surface area (Å²) in [6, 6.07) is 0. The number of thioether (sulfide) groups is 1. The molecule has 0 fully saturated rings. The summed E-state index contributed by atoms with van der Waals surface area (Å²) >= 11 is -0.199. The summed E-state index contributed by atoms with van der Waals surface area (Å²) in [6.45, 7) is -0.131. The molecule has 6 heteroatoms. The normalized spacial score (nSPS) is 10.7. The minimum absolute atomic E-state index is 0.131. The van der Waals surface area contributed by atoms with Crippen LogP contribution in [0.2, 0.25) is 0 Å². The Kier molecular flexibility index (Phi) is 4.14. The van der Waals surface area contributed by atoms with Crippen molar-refractivity contribution in [3.8, 4) is 0 Å². The highest BCUT2D eigenvalue weighted by Gasteiger charge is 2.27. The van der Waals surface area contributed by atoms with Crippen molar-refractivity contribution in [2.24, 2.45) is 4.99 Å². The smallest absolute Gasteiger partial charge is 0.211 e. The Labute approximate surface area is 59.5 Å². The van der Waals surface area contributed by atoms with Gasteiger partial charge in [-0.15, -0.1) is 0 Å². The van der Waals surface area contributed by atoms with Crippen LogP contribution < -0.4 is 0 Å². The molecule has 0 unspecified atom stereocenters. The number of carbonyl (C=O) groups excluding carboxylic acids is 1. The molecule has 0 aromatic carbocycles. The molecule has 0 saturated carbocycles. The Hall–Kier alpha value is -0.480. The second-order valence-corrected chi connectivity index (χ2v) is 2.43. The molecule has 0 N–H and O–H groups in total. The van der Waals surface area contributed by atoms with E-state index in [0.717, 1.165) is 6.08 Å². The maximum Gasteiger partial charge on any atom is 0.441 e. The van der Waals surface area contributed by atoms with Crippen molar-refractivity contribution >= 4 is 17.8 Å². The first-order chi connectivity index (χ1) is 4.56. The highest BCUT2D eigenvalue weighted by atomic mass is 32.2. The summed E-state index contributed by atoms with van der Waals surface area (Å²) in [5.74, 6) is -0.223. The van der Waals surface area contributed by atoms with E-state index >= 15 is 0 Å². The van der Waals surface area contributed by atoms with E-state index in [9.17, 15) is 18.0 Å². The predicted molar refractivity (Wildman–Crippen MR) is 31.5 cm³/mol. The van der Waals surface area contributed by atoms with Crippen molar-refractivity contribution in [1.82, 2.24) is 0 Å². The number of nitrogens with zero attached hydrogens (tertiary/aromatic N) is 1. The molecule has 0 atom stereocenters. The van der Waals surface area contributed by atoms with Gasteiger partial charge in [0.25, 0.3) is 0 Å². The summed E-state index contributed by atoms with van der Waals surface area (Å²) in [6.07, 6.45) is 1.15. The van der Waals surface area contributed by atoms with Gasteiger partial charge in [-0.25, -0.2) is 9.79 Å². The van der Waals surface area contributed by atoms with Gasteiger partial charge in [0.05, 0.1) is 6.54 Å². The average molecular weight is 171 g/mol. The first-order valence-electron chi connectivity index (χ1n) is 2.30. The lowest BCUT2D eigenvalue weighted by atomic mass is 10.8. The first kappa shape index (κ1) is 9.52. The van der Waals surface area contributed by atoms with Gasteiger partial charge in [-0.3, -0.25) is 0 Å². The molecule has 0 aliphatic carbocycles. The van der Waals surface area contributed by atoms with Gasteiger partial charge in [-0.1, -0.05) is 0 Å². The Balaban J connectivity index is 3.28. The molecule has 10 heavy (non-hydrogen) atoms. The third-order valence-corrected chi connectivity index (χ3v) is 1.25. The van der Waals surface area contributed by atoms with E-state index in [1.165, 1.54) is 0 Å². The molecule has 0 aliphatic rings. The summed E-state index contributed by atoms with van der Waals surface area (Å²) in [5, 5.41) is 0. The molecule has 0 bridgehead atoms. The number of alkyl halides is 3. The highest BCUT2D eigenvalue weighted by molar-refractivity contribution is 8.00. The van der Waals surface area contributed by atoms with Crippen molar-refractivity contribution in [1.29, 1.82) is 0 Å². The average Bonchev–Trinajstić information content (AvgIpc) is 1.78. The van der Waals surface area contributed by atoms with Crippen molar-refractivity contribution in [3.63, 3.8) is 0 Å². The quantitative estimate of drug-likeness (QED) is 0.366. The second-order valence-electron chi connectivity index (χ2n) is 1.27. The molecular formula is C4H4F3NOS. The number of aliphatic imine (C=N–C) groups is 1. The zero-order valence-electron chi connectivity index (χ0n) is 4.81. The molecule has 58 valence electrons. The topological polar surface area (TPSA) is 29.4 Å². The minimum Gasteiger partial charge on any atom is -0.211 e. The molecular weight excluding hydrogens is 167 g/mol. The fourth-order valence-corrected chi connectivity index (χ4v) is 0.667. The summed E-state index contributed by atoms with van der Waals surface area (Å²) < 4.78 is 33.9. The van der Waals surface area contributed by atoms with Crippen LogP contribution in [0.15, 0.2) is 4.99 Å². The van der Waals surface area contributed by atoms with Crippen LogP contribution >= 0.6 is 11.8 Å². The van der Waals surface area contributed by atoms with Crippen LogP contribution in [0.5, 0.6) is 0 Å². The van der Waals surface area contributed by atoms with E-state index in [-0.39, 0.29) is 24.1 Å². The van der Waals surface area contributed by atoms with E-state index in [1.54, 1.807) is 0 Å². The van der Waals surface area contributed by atoms with Crippen molar-refractivity contribution in [2.45, 2.75) is 5.51 Å². The van der Waals surface area contributed by atoms with Crippen molar-refractivity contribution in [3.05, 3.63) is 0 Å². The predicted octanol–water partition coefficient (Wildman–Crippen LogP) is 1.58. The van der Waals surface area contributed by atoms with Gasteiger partial charge in [0.15, 0.2) is 0 Å². The Morgan fingerprint density at radius 2 is 2.10 bits per heavy atom. The van der Waals surface area contributed by atoms with Crippen LogP contribution in [0, 0.1) is 0 Å². The van der Waals surface area contributed by atoms with Gasteiger partial charge in [0.1, 0.15) is 0 Å². The minimum atomic E-state index is -4.22. The van der Waals surface area contributed by atoms with E-state index in [2.05, 4.69) is 4.99 Å². The van der Waals surface area contributed by atoms with Crippen molar-refractivity contribution in [2.75, 3.05) is 12.3 Å². The number of halogens is 3. The highest BCUT2D eigenvalue weighted by Crippen LogP contribution is 2.29. The fraction of sp³-hybridized carbons (Fsp3) is 0.750. The number of hydrogen-bond acceptors (Lipinski definition) is 3. The van der Waals surface area contributed by atoms with Crippen LogP contribution in [0.25, 0.3) is 0 Å². The summed E-state index contributed by atoms with van der Waals surface area (Å²) in [4.78, 5) is 12.3. The maximum atomic E-state index is 11.3. The van der Waals surface area contributed by atoms with Gasteiger partial charge in [-0.2, -0.15) is 13.2 Å². The Bertz CT molecular complexity index is 140. The first-order valence-corrected chi connectivity index (χ1v) is 3.29. The number of isocyanates is 1. The molecule has 0 spiro atoms. The van der Waals surface area contributed by atoms with Crippen LogP contribution in [0.3, 0.4) is 0 Å². The molecule has 0 radical (unpaired) electrons. The van der Waals surface area contributed by atoms with E-state index in [4.69, 9.17) is 0 Å². The molecule has 0 heterocycles. The lowest BCUT2D eigenvalue weighted by Crippen LogP contribution is -2.02. The van der Waals surface area contributed by atoms with Crippen LogP contribution in [0.4, 0.5) is 13.2 Å². The van der Waals surface area contributed by atoms with E-state index < -0.39 is 5.51 Å². The zero-order valence-corrected chi connectivity index (χ0v) is 5.63. The van der Waals surface area contributed by atoms with E-state index in [1.807, 2.05) is 0 Å². The standard InChI is InChI=1S/C4H4F3NOS/c5-4(6,7)10-2-1-8-3-9/h1-2H2. The number of hydrogen-bond donors (Lipinski definition) is 0. The number of rotatable bonds is 3. The summed E-state index contributed by atoms with van der Waals surface area (Å²) in [7, 11) is 0. The largest absolute Gasteiger partial charge is 0.441 e. The van der Waals surface area contributed by atoms with Crippen LogP contribution in [-0.4, -0.2) is 23.9 Å². The van der Waals surface area contributed by atoms with Gasteiger partial charge >= 0.3 is 5.51 Å². The van der Waals surface area contributed by atoms with Gasteiger partial charge in [-0.05, 0) is 11.8 Å². The van der Waals surface area contributed by atoms with Crippen LogP contribution in [-0.2, 0) is 4.79 Å². The third-order valence-electron chi connectivity index (χ3n) is 0.533. The van der Waals surface area contributed by atoms with E-state index in [0.29, 0.717) is 0 Å². The summed E-state index contributed by atoms with van der Waals surface area (Å²) in [5.41, 5.74) is -4.22. The Morgan fingerprint density at radius 3 is 2.50 bits per heavy atom. The second kappa shape index (κ2) is 4.35. The molecule has 0 aliphatic heterocycles. The maximum absolute atomic E-state index is 11.3. The molecule has 2 nitrogen and oxygen atoms in total. The molecule has 0 amide bonds. The SMILES string of the molecule is O=C=NCCSC(F)(F)F. The van der Waals surface area contributed by atoms with Crippen molar-refractivity contribution < 1.29 is 18.0 Å². The molecule has 0 saturated heterocycles. The fourth-order valence-electron chi connectivity index (χ4n) is 0.253. The van der Waals surface area contributed by atoms with Gasteiger partial charge < -0.3 is 0 Å². The lowest BCUT2D eigenvalue weighted by molar-refractivity contribution is -0.0327. The lowest BCUT2D eigenvalue weighted by Gasteiger charge is -2.01. The third kappa shape index (κ3) is 7.52. The van der Waals surface area contributed by atoms with Crippen LogP contribution in [0.1, 0.15) is 0 Å².